The highest BCUT2D eigenvalue weighted by molar-refractivity contribution is 5.74. The van der Waals surface area contributed by atoms with Crippen molar-refractivity contribution in [3.05, 3.63) is 0 Å². The summed E-state index contributed by atoms with van der Waals surface area (Å²) in [6.45, 7) is 6.86. The fourth-order valence-corrected chi connectivity index (χ4v) is 1.16. The Bertz CT molecular complexity index is 188. The summed E-state index contributed by atoms with van der Waals surface area (Å²) in [5.74, 6) is 0. The first-order chi connectivity index (χ1) is 6.87. The van der Waals surface area contributed by atoms with E-state index < -0.39 is 0 Å². The number of rotatable bonds is 5. The number of aliphatic hydroxyl groups excluding tert-OH is 1. The molecule has 0 saturated heterocycles. The summed E-state index contributed by atoms with van der Waals surface area (Å²) in [6.07, 6.45) is 2.72. The van der Waals surface area contributed by atoms with Crippen LogP contribution in [0.4, 0.5) is 4.79 Å². The van der Waals surface area contributed by atoms with E-state index in [1.54, 1.807) is 11.9 Å². The molecule has 4 heteroatoms. The second-order valence-electron chi connectivity index (χ2n) is 4.89. The number of hydrogen-bond donors (Lipinski definition) is 2. The molecule has 0 aliphatic carbocycles. The number of nitrogens with one attached hydrogen (secondary N) is 1. The quantitative estimate of drug-likeness (QED) is 0.686. The molecule has 4 nitrogen and oxygen atoms in total. The minimum atomic E-state index is -0.184. The van der Waals surface area contributed by atoms with Crippen LogP contribution in [0.25, 0.3) is 0 Å². The highest BCUT2D eigenvalue weighted by Crippen LogP contribution is 2.02. The van der Waals surface area contributed by atoms with Crippen LogP contribution in [0.1, 0.15) is 40.0 Å². The monoisotopic (exact) mass is 216 g/mol. The van der Waals surface area contributed by atoms with Crippen LogP contribution in [0.2, 0.25) is 0 Å². The molecule has 2 N–H and O–H groups in total. The Balaban J connectivity index is 3.70. The number of aliphatic hydroxyl groups is 1. The van der Waals surface area contributed by atoms with Gasteiger partial charge in [-0.1, -0.05) is 0 Å². The van der Waals surface area contributed by atoms with E-state index in [4.69, 9.17) is 5.11 Å². The van der Waals surface area contributed by atoms with Crippen LogP contribution >= 0.6 is 0 Å². The maximum Gasteiger partial charge on any atom is 0.317 e. The van der Waals surface area contributed by atoms with Crippen molar-refractivity contribution in [2.75, 3.05) is 20.2 Å². The topological polar surface area (TPSA) is 52.6 Å². The van der Waals surface area contributed by atoms with E-state index in [-0.39, 0.29) is 18.2 Å². The van der Waals surface area contributed by atoms with Gasteiger partial charge in [0.1, 0.15) is 0 Å². The lowest BCUT2D eigenvalue weighted by molar-refractivity contribution is 0.198. The van der Waals surface area contributed by atoms with Crippen LogP contribution in [0.3, 0.4) is 0 Å². The fraction of sp³-hybridized carbons (Fsp3) is 0.909. The van der Waals surface area contributed by atoms with Crippen LogP contribution < -0.4 is 5.32 Å². The van der Waals surface area contributed by atoms with Gasteiger partial charge < -0.3 is 15.3 Å². The predicted molar refractivity (Wildman–Crippen MR) is 61.9 cm³/mol. The largest absolute Gasteiger partial charge is 0.396 e. The molecule has 0 bridgehead atoms. The Hall–Kier alpha value is -0.770. The van der Waals surface area contributed by atoms with Crippen LogP contribution in [0.15, 0.2) is 0 Å². The molecule has 0 aromatic heterocycles. The number of carbonyl (C=O) groups excluding carboxylic acids is 1. The molecule has 0 atom stereocenters. The number of amides is 2. The first-order valence-corrected chi connectivity index (χ1v) is 5.51. The van der Waals surface area contributed by atoms with Gasteiger partial charge in [0.05, 0.1) is 0 Å². The van der Waals surface area contributed by atoms with Gasteiger partial charge in [0, 0.05) is 25.7 Å². The lowest BCUT2D eigenvalue weighted by Crippen LogP contribution is -2.47. The molecule has 0 aliphatic heterocycles. The number of hydrogen-bond acceptors (Lipinski definition) is 2. The van der Waals surface area contributed by atoms with Gasteiger partial charge in [-0.2, -0.15) is 0 Å². The lowest BCUT2D eigenvalue weighted by Gasteiger charge is -2.25. The average Bonchev–Trinajstić information content (AvgIpc) is 2.09. The van der Waals surface area contributed by atoms with E-state index in [1.807, 2.05) is 20.8 Å². The number of unbranched alkanes of at least 4 members (excludes halogenated alkanes) is 2. The van der Waals surface area contributed by atoms with Crippen molar-refractivity contribution in [2.45, 2.75) is 45.6 Å². The minimum absolute atomic E-state index is 0.0356. The molecule has 90 valence electrons. The summed E-state index contributed by atoms with van der Waals surface area (Å²) in [5, 5.41) is 11.5. The summed E-state index contributed by atoms with van der Waals surface area (Å²) in [4.78, 5) is 13.3. The van der Waals surface area contributed by atoms with Crippen LogP contribution in [0, 0.1) is 0 Å². The molecule has 0 heterocycles. The molecular formula is C11H24N2O2. The fourth-order valence-electron chi connectivity index (χ4n) is 1.16. The number of carbonyl (C=O) groups is 1. The third-order valence-electron chi connectivity index (χ3n) is 1.98. The van der Waals surface area contributed by atoms with E-state index in [0.717, 1.165) is 25.8 Å². The number of urea groups is 1. The molecule has 0 aromatic carbocycles. The molecule has 0 aromatic rings. The Morgan fingerprint density at radius 3 is 2.33 bits per heavy atom. The minimum Gasteiger partial charge on any atom is -0.396 e. The van der Waals surface area contributed by atoms with Crippen molar-refractivity contribution in [1.82, 2.24) is 10.2 Å². The smallest absolute Gasteiger partial charge is 0.317 e. The molecule has 0 unspecified atom stereocenters. The predicted octanol–water partition coefficient (Wildman–Crippen LogP) is 1.59. The highest BCUT2D eigenvalue weighted by Gasteiger charge is 2.16. The molecule has 0 rings (SSSR count). The standard InChI is InChI=1S/C11H24N2O2/c1-11(2,3)12-10(15)13(4)8-6-5-7-9-14/h14H,5-9H2,1-4H3,(H,12,15). The second-order valence-corrected chi connectivity index (χ2v) is 4.89. The third-order valence-corrected chi connectivity index (χ3v) is 1.98. The van der Waals surface area contributed by atoms with Gasteiger partial charge in [-0.25, -0.2) is 4.79 Å². The van der Waals surface area contributed by atoms with Gasteiger partial charge in [0.25, 0.3) is 0 Å². The molecule has 15 heavy (non-hydrogen) atoms. The van der Waals surface area contributed by atoms with Crippen molar-refractivity contribution in [1.29, 1.82) is 0 Å². The summed E-state index contributed by atoms with van der Waals surface area (Å²) in [7, 11) is 1.79. The summed E-state index contributed by atoms with van der Waals surface area (Å²) in [6, 6.07) is -0.0356. The van der Waals surface area contributed by atoms with E-state index in [2.05, 4.69) is 5.32 Å². The van der Waals surface area contributed by atoms with Crippen LogP contribution in [0.5, 0.6) is 0 Å². The van der Waals surface area contributed by atoms with Crippen LogP contribution in [-0.2, 0) is 0 Å². The van der Waals surface area contributed by atoms with E-state index in [0.29, 0.717) is 0 Å². The summed E-state index contributed by atoms with van der Waals surface area (Å²) >= 11 is 0. The first-order valence-electron chi connectivity index (χ1n) is 5.51. The zero-order valence-electron chi connectivity index (χ0n) is 10.3. The molecule has 0 spiro atoms. The molecule has 2 amide bonds. The molecular weight excluding hydrogens is 192 g/mol. The van der Waals surface area contributed by atoms with Crippen molar-refractivity contribution < 1.29 is 9.90 Å². The lowest BCUT2D eigenvalue weighted by atomic mass is 10.1. The molecule has 0 fully saturated rings. The van der Waals surface area contributed by atoms with Crippen molar-refractivity contribution in [3.63, 3.8) is 0 Å². The van der Waals surface area contributed by atoms with Crippen molar-refractivity contribution in [2.24, 2.45) is 0 Å². The van der Waals surface area contributed by atoms with Crippen molar-refractivity contribution >= 4 is 6.03 Å². The Morgan fingerprint density at radius 1 is 1.27 bits per heavy atom. The van der Waals surface area contributed by atoms with Gasteiger partial charge in [-0.15, -0.1) is 0 Å². The van der Waals surface area contributed by atoms with Crippen molar-refractivity contribution in [3.8, 4) is 0 Å². The zero-order valence-corrected chi connectivity index (χ0v) is 10.3. The SMILES string of the molecule is CN(CCCCCO)C(=O)NC(C)(C)C. The van der Waals surface area contributed by atoms with Gasteiger partial charge >= 0.3 is 6.03 Å². The van der Waals surface area contributed by atoms with Crippen LogP contribution in [-0.4, -0.2) is 41.8 Å². The Kier molecular flexibility index (Phi) is 6.32. The molecule has 0 aliphatic rings. The molecule has 0 saturated carbocycles. The maximum atomic E-state index is 11.6. The van der Waals surface area contributed by atoms with Gasteiger partial charge in [0.2, 0.25) is 0 Å². The highest BCUT2D eigenvalue weighted by atomic mass is 16.2. The second kappa shape index (κ2) is 6.67. The van der Waals surface area contributed by atoms with E-state index in [1.165, 1.54) is 0 Å². The zero-order chi connectivity index (χ0) is 11.9. The van der Waals surface area contributed by atoms with E-state index >= 15 is 0 Å². The maximum absolute atomic E-state index is 11.6. The van der Waals surface area contributed by atoms with Gasteiger partial charge in [-0.05, 0) is 40.0 Å². The average molecular weight is 216 g/mol. The van der Waals surface area contributed by atoms with E-state index in [9.17, 15) is 4.79 Å². The normalized spacial score (nSPS) is 11.3. The first kappa shape index (κ1) is 14.2. The molecule has 0 radical (unpaired) electrons. The van der Waals surface area contributed by atoms with Gasteiger partial charge in [0.15, 0.2) is 0 Å². The summed E-state index contributed by atoms with van der Waals surface area (Å²) < 4.78 is 0. The Morgan fingerprint density at radius 2 is 1.87 bits per heavy atom. The third kappa shape index (κ3) is 8.24. The number of nitrogens with zero attached hydrogens (tertiary/aromatic N) is 1. The van der Waals surface area contributed by atoms with Gasteiger partial charge in [-0.3, -0.25) is 0 Å². The Labute approximate surface area is 92.7 Å². The summed E-state index contributed by atoms with van der Waals surface area (Å²) in [5.41, 5.74) is -0.184.